The van der Waals surface area contributed by atoms with E-state index in [1.807, 2.05) is 52.2 Å². The number of alkyl halides is 2. The van der Waals surface area contributed by atoms with Crippen molar-refractivity contribution in [2.24, 2.45) is 10.5 Å². The Balaban J connectivity index is 1.18. The molecule has 0 spiro atoms. The standard InChI is InChI=1S/C25H34F2N4O2/c1-23(7-8-23)22(32)30-14-9-24(33,10-15-30)18-21-6-13-28-31(21)20-4-2-19(3-5-20)29-16-11-25(26,27)12-17-29/h2-5,13,21,33H,6-12,14-18H2,1H3. The van der Waals surface area contributed by atoms with Gasteiger partial charge in [-0.3, -0.25) is 9.80 Å². The molecule has 1 aromatic rings. The van der Waals surface area contributed by atoms with Gasteiger partial charge in [0.25, 0.3) is 5.92 Å². The average molecular weight is 461 g/mol. The van der Waals surface area contributed by atoms with E-state index < -0.39 is 11.5 Å². The number of carbonyl (C=O) groups excluding carboxylic acids is 1. The van der Waals surface area contributed by atoms with Gasteiger partial charge in [-0.2, -0.15) is 5.10 Å². The van der Waals surface area contributed by atoms with Crippen LogP contribution in [-0.4, -0.2) is 65.9 Å². The van der Waals surface area contributed by atoms with Gasteiger partial charge in [-0.05, 0) is 56.4 Å². The molecule has 0 aromatic heterocycles. The molecule has 1 saturated carbocycles. The molecule has 5 rings (SSSR count). The van der Waals surface area contributed by atoms with Crippen molar-refractivity contribution < 1.29 is 18.7 Å². The second-order valence-electron chi connectivity index (χ2n) is 10.7. The summed E-state index contributed by atoms with van der Waals surface area (Å²) in [5.41, 5.74) is 0.940. The minimum absolute atomic E-state index is 0.0673. The molecule has 3 heterocycles. The molecular weight excluding hydrogens is 426 g/mol. The third kappa shape index (κ3) is 4.72. The zero-order valence-electron chi connectivity index (χ0n) is 19.3. The zero-order chi connectivity index (χ0) is 23.3. The molecule has 2 saturated heterocycles. The maximum absolute atomic E-state index is 13.5. The van der Waals surface area contributed by atoms with E-state index in [0.717, 1.165) is 30.6 Å². The van der Waals surface area contributed by atoms with Crippen molar-refractivity contribution in [3.63, 3.8) is 0 Å². The monoisotopic (exact) mass is 460 g/mol. The van der Waals surface area contributed by atoms with Crippen molar-refractivity contribution in [3.8, 4) is 0 Å². The third-order valence-electron chi connectivity index (χ3n) is 8.02. The van der Waals surface area contributed by atoms with Gasteiger partial charge in [0.05, 0.1) is 17.3 Å². The summed E-state index contributed by atoms with van der Waals surface area (Å²) in [6, 6.07) is 7.98. The number of hydrazone groups is 1. The van der Waals surface area contributed by atoms with Gasteiger partial charge < -0.3 is 14.9 Å². The highest BCUT2D eigenvalue weighted by Gasteiger charge is 2.48. The number of carbonyl (C=O) groups is 1. The molecule has 180 valence electrons. The van der Waals surface area contributed by atoms with Crippen LogP contribution < -0.4 is 9.91 Å². The van der Waals surface area contributed by atoms with Crippen molar-refractivity contribution in [2.75, 3.05) is 36.1 Å². The second kappa shape index (κ2) is 8.22. The zero-order valence-corrected chi connectivity index (χ0v) is 19.3. The van der Waals surface area contributed by atoms with Crippen LogP contribution in [0.3, 0.4) is 0 Å². The number of hydrogen-bond acceptors (Lipinski definition) is 5. The number of piperidine rings is 2. The maximum Gasteiger partial charge on any atom is 0.251 e. The molecule has 8 heteroatoms. The molecule has 4 aliphatic rings. The first-order valence-corrected chi connectivity index (χ1v) is 12.2. The molecule has 1 atom stereocenters. The Hall–Kier alpha value is -2.22. The quantitative estimate of drug-likeness (QED) is 0.721. The maximum atomic E-state index is 13.5. The molecule has 3 aliphatic heterocycles. The molecule has 1 aliphatic carbocycles. The third-order valence-corrected chi connectivity index (χ3v) is 8.02. The van der Waals surface area contributed by atoms with Crippen LogP contribution in [0.4, 0.5) is 20.2 Å². The van der Waals surface area contributed by atoms with E-state index in [4.69, 9.17) is 0 Å². The fraction of sp³-hybridized carbons (Fsp3) is 0.680. The summed E-state index contributed by atoms with van der Waals surface area (Å²) in [5.74, 6) is -2.30. The van der Waals surface area contributed by atoms with Gasteiger partial charge in [-0.1, -0.05) is 6.92 Å². The van der Waals surface area contributed by atoms with Crippen LogP contribution in [-0.2, 0) is 4.79 Å². The van der Waals surface area contributed by atoms with Crippen LogP contribution in [0.1, 0.15) is 58.3 Å². The van der Waals surface area contributed by atoms with Crippen molar-refractivity contribution in [1.82, 2.24) is 4.90 Å². The van der Waals surface area contributed by atoms with E-state index in [9.17, 15) is 18.7 Å². The summed E-state index contributed by atoms with van der Waals surface area (Å²) in [7, 11) is 0. The van der Waals surface area contributed by atoms with E-state index in [1.165, 1.54) is 0 Å². The largest absolute Gasteiger partial charge is 0.390 e. The lowest BCUT2D eigenvalue weighted by Crippen LogP contribution is -2.50. The van der Waals surface area contributed by atoms with E-state index in [1.54, 1.807) is 0 Å². The molecule has 1 unspecified atom stereocenters. The Kier molecular flexibility index (Phi) is 5.62. The highest BCUT2D eigenvalue weighted by atomic mass is 19.3. The van der Waals surface area contributed by atoms with Crippen molar-refractivity contribution in [3.05, 3.63) is 24.3 Å². The Bertz CT molecular complexity index is 897. The Labute approximate surface area is 194 Å². The lowest BCUT2D eigenvalue weighted by Gasteiger charge is -2.41. The fourth-order valence-corrected chi connectivity index (χ4v) is 5.36. The molecule has 1 N–H and O–H groups in total. The number of anilines is 2. The summed E-state index contributed by atoms with van der Waals surface area (Å²) in [4.78, 5) is 16.6. The smallest absolute Gasteiger partial charge is 0.251 e. The summed E-state index contributed by atoms with van der Waals surface area (Å²) >= 11 is 0. The van der Waals surface area contributed by atoms with Gasteiger partial charge in [0.2, 0.25) is 5.91 Å². The summed E-state index contributed by atoms with van der Waals surface area (Å²) < 4.78 is 26.9. The van der Waals surface area contributed by atoms with Crippen LogP contribution >= 0.6 is 0 Å². The lowest BCUT2D eigenvalue weighted by atomic mass is 9.84. The highest BCUT2D eigenvalue weighted by Crippen LogP contribution is 2.47. The molecule has 1 amide bonds. The number of benzene rings is 1. The predicted octanol–water partition coefficient (Wildman–Crippen LogP) is 4.03. The summed E-state index contributed by atoms with van der Waals surface area (Å²) in [6.45, 7) is 3.99. The van der Waals surface area contributed by atoms with Crippen molar-refractivity contribution in [1.29, 1.82) is 0 Å². The summed E-state index contributed by atoms with van der Waals surface area (Å²) in [5, 5.41) is 17.8. The average Bonchev–Trinajstić information content (AvgIpc) is 3.39. The Morgan fingerprint density at radius 1 is 1.00 bits per heavy atom. The van der Waals surface area contributed by atoms with E-state index in [2.05, 4.69) is 5.10 Å². The van der Waals surface area contributed by atoms with Crippen LogP contribution in [0.15, 0.2) is 29.4 Å². The first-order valence-electron chi connectivity index (χ1n) is 12.2. The van der Waals surface area contributed by atoms with Crippen molar-refractivity contribution >= 4 is 23.5 Å². The minimum atomic E-state index is -2.55. The molecule has 33 heavy (non-hydrogen) atoms. The normalized spacial score (nSPS) is 27.6. The van der Waals surface area contributed by atoms with Crippen LogP contribution in [0, 0.1) is 5.41 Å². The number of nitrogens with zero attached hydrogens (tertiary/aromatic N) is 4. The highest BCUT2D eigenvalue weighted by molar-refractivity contribution is 5.85. The van der Waals surface area contributed by atoms with Gasteiger partial charge in [0.1, 0.15) is 0 Å². The van der Waals surface area contributed by atoms with Crippen molar-refractivity contribution in [2.45, 2.75) is 75.9 Å². The number of rotatable bonds is 5. The van der Waals surface area contributed by atoms with Gasteiger partial charge in [0.15, 0.2) is 0 Å². The van der Waals surface area contributed by atoms with Gasteiger partial charge >= 0.3 is 0 Å². The lowest BCUT2D eigenvalue weighted by molar-refractivity contribution is -0.140. The molecule has 3 fully saturated rings. The van der Waals surface area contributed by atoms with Crippen LogP contribution in [0.2, 0.25) is 0 Å². The van der Waals surface area contributed by atoms with Gasteiger partial charge in [-0.15, -0.1) is 0 Å². The number of likely N-dealkylation sites (tertiary alicyclic amines) is 1. The Morgan fingerprint density at radius 2 is 1.61 bits per heavy atom. The summed E-state index contributed by atoms with van der Waals surface area (Å²) in [6.07, 6.45) is 6.20. The minimum Gasteiger partial charge on any atom is -0.390 e. The number of aliphatic hydroxyl groups is 1. The van der Waals surface area contributed by atoms with Crippen LogP contribution in [0.5, 0.6) is 0 Å². The first kappa shape index (κ1) is 22.6. The number of amides is 1. The van der Waals surface area contributed by atoms with E-state index >= 15 is 0 Å². The van der Waals surface area contributed by atoms with Crippen LogP contribution in [0.25, 0.3) is 0 Å². The molecule has 0 radical (unpaired) electrons. The first-order chi connectivity index (χ1) is 15.7. The Morgan fingerprint density at radius 3 is 2.21 bits per heavy atom. The van der Waals surface area contributed by atoms with E-state index in [-0.39, 0.29) is 30.2 Å². The molecular formula is C25H34F2N4O2. The molecule has 0 bridgehead atoms. The molecule has 1 aromatic carbocycles. The van der Waals surface area contributed by atoms with E-state index in [0.29, 0.717) is 45.4 Å². The number of hydrogen-bond donors (Lipinski definition) is 1. The van der Waals surface area contributed by atoms with Gasteiger partial charge in [-0.25, -0.2) is 8.78 Å². The number of halogens is 2. The predicted molar refractivity (Wildman–Crippen MR) is 125 cm³/mol. The molecule has 6 nitrogen and oxygen atoms in total. The SMILES string of the molecule is CC1(C(=O)N2CCC(O)(CC3CC=NN3c3ccc(N4CCC(F)(F)CC4)cc3)CC2)CC1. The second-order valence-corrected chi connectivity index (χ2v) is 10.7. The topological polar surface area (TPSA) is 59.4 Å². The van der Waals surface area contributed by atoms with Gasteiger partial charge in [0, 0.05) is 62.8 Å². The fourth-order valence-electron chi connectivity index (χ4n) is 5.36.